The van der Waals surface area contributed by atoms with Crippen LogP contribution >= 0.6 is 12.2 Å². The van der Waals surface area contributed by atoms with Crippen LogP contribution in [0.5, 0.6) is 17.2 Å². The SMILES string of the molecule is COc1cc(C2C3=C(CC(C)(C)CC3=O)Nc3nc(=S)[nH]c(N)c32)cc(OC)c1OC. The Kier molecular flexibility index (Phi) is 5.17. The van der Waals surface area contributed by atoms with Gasteiger partial charge in [0.05, 0.1) is 21.3 Å². The maximum atomic E-state index is 13.4. The number of fused-ring (bicyclic) bond motifs is 1. The summed E-state index contributed by atoms with van der Waals surface area (Å²) >= 11 is 5.24. The first-order valence-electron chi connectivity index (χ1n) is 9.92. The number of rotatable bonds is 4. The number of anilines is 2. The zero-order chi connectivity index (χ0) is 22.5. The molecule has 1 aromatic heterocycles. The molecule has 0 fully saturated rings. The molecule has 1 aliphatic carbocycles. The van der Waals surface area contributed by atoms with Gasteiger partial charge in [-0.15, -0.1) is 0 Å². The number of nitrogen functional groups attached to an aromatic ring is 1. The summed E-state index contributed by atoms with van der Waals surface area (Å²) in [5.74, 6) is 2.02. The van der Waals surface area contributed by atoms with Gasteiger partial charge < -0.3 is 30.2 Å². The highest BCUT2D eigenvalue weighted by Crippen LogP contribution is 2.51. The van der Waals surface area contributed by atoms with E-state index in [2.05, 4.69) is 29.1 Å². The van der Waals surface area contributed by atoms with Gasteiger partial charge >= 0.3 is 0 Å². The summed E-state index contributed by atoms with van der Waals surface area (Å²) in [7, 11) is 4.67. The van der Waals surface area contributed by atoms with Crippen molar-refractivity contribution in [2.75, 3.05) is 32.4 Å². The average molecular weight is 443 g/mol. The lowest BCUT2D eigenvalue weighted by molar-refractivity contribution is -0.118. The van der Waals surface area contributed by atoms with E-state index in [9.17, 15) is 4.79 Å². The zero-order valence-corrected chi connectivity index (χ0v) is 19.0. The molecule has 164 valence electrons. The van der Waals surface area contributed by atoms with Crippen LogP contribution in [0.4, 0.5) is 11.6 Å². The van der Waals surface area contributed by atoms with Gasteiger partial charge in [0.15, 0.2) is 22.1 Å². The van der Waals surface area contributed by atoms with Crippen LogP contribution in [0.3, 0.4) is 0 Å². The lowest BCUT2D eigenvalue weighted by Crippen LogP contribution is -2.34. The van der Waals surface area contributed by atoms with Crippen LogP contribution in [-0.2, 0) is 4.79 Å². The Bertz CT molecular complexity index is 1140. The van der Waals surface area contributed by atoms with Crippen molar-refractivity contribution < 1.29 is 19.0 Å². The predicted octanol–water partition coefficient (Wildman–Crippen LogP) is 3.95. The van der Waals surface area contributed by atoms with Crippen LogP contribution < -0.4 is 25.3 Å². The number of nitrogens with zero attached hydrogens (tertiary/aromatic N) is 1. The van der Waals surface area contributed by atoms with Crippen LogP contribution in [0.1, 0.15) is 43.7 Å². The second-order valence-corrected chi connectivity index (χ2v) is 8.95. The molecule has 1 unspecified atom stereocenters. The largest absolute Gasteiger partial charge is 0.493 e. The van der Waals surface area contributed by atoms with E-state index >= 15 is 0 Å². The van der Waals surface area contributed by atoms with Gasteiger partial charge in [0, 0.05) is 29.2 Å². The molecule has 1 atom stereocenters. The third-order valence-corrected chi connectivity index (χ3v) is 5.98. The molecule has 0 saturated carbocycles. The van der Waals surface area contributed by atoms with Crippen LogP contribution in [0.25, 0.3) is 0 Å². The number of methoxy groups -OCH3 is 3. The standard InChI is InChI=1S/C22H26N4O4S/c1-22(2)8-11-16(12(27)9-22)15(17-19(23)25-21(31)26-20(17)24-11)10-6-13(28-3)18(30-5)14(7-10)29-4/h6-7,15H,8-9H2,1-5H3,(H4,23,24,25,26,31). The van der Waals surface area contributed by atoms with Crippen molar-refractivity contribution in [2.45, 2.75) is 32.6 Å². The van der Waals surface area contributed by atoms with Gasteiger partial charge in [-0.3, -0.25) is 4.79 Å². The highest BCUT2D eigenvalue weighted by molar-refractivity contribution is 7.71. The minimum absolute atomic E-state index is 0.0741. The van der Waals surface area contributed by atoms with E-state index in [4.69, 9.17) is 32.2 Å². The quantitative estimate of drug-likeness (QED) is 0.611. The number of Topliss-reactive ketones (excluding diaryl/α,β-unsaturated/α-hetero) is 1. The number of hydrogen-bond acceptors (Lipinski definition) is 8. The molecule has 0 bridgehead atoms. The number of aromatic nitrogens is 2. The molecule has 2 heterocycles. The van der Waals surface area contributed by atoms with Crippen LogP contribution in [0.15, 0.2) is 23.4 Å². The fraction of sp³-hybridized carbons (Fsp3) is 0.409. The molecular formula is C22H26N4O4S. The van der Waals surface area contributed by atoms with Crippen LogP contribution in [0, 0.1) is 10.2 Å². The van der Waals surface area contributed by atoms with Crippen molar-refractivity contribution in [1.82, 2.24) is 9.97 Å². The number of carbonyl (C=O) groups excluding carboxylic acids is 1. The fourth-order valence-corrected chi connectivity index (χ4v) is 4.76. The van der Waals surface area contributed by atoms with E-state index in [-0.39, 0.29) is 16.0 Å². The Morgan fingerprint density at radius 3 is 2.35 bits per heavy atom. The van der Waals surface area contributed by atoms with Gasteiger partial charge in [0.1, 0.15) is 11.6 Å². The van der Waals surface area contributed by atoms with Crippen molar-refractivity contribution in [3.8, 4) is 17.2 Å². The molecule has 0 saturated heterocycles. The van der Waals surface area contributed by atoms with Gasteiger partial charge in [-0.1, -0.05) is 13.8 Å². The number of H-pyrrole nitrogens is 1. The monoisotopic (exact) mass is 442 g/mol. The second-order valence-electron chi connectivity index (χ2n) is 8.57. The van der Waals surface area contributed by atoms with Crippen molar-refractivity contribution in [3.05, 3.63) is 39.3 Å². The van der Waals surface area contributed by atoms with Gasteiger partial charge in [0.2, 0.25) is 5.75 Å². The molecule has 2 aliphatic rings. The van der Waals surface area contributed by atoms with Crippen molar-refractivity contribution in [3.63, 3.8) is 0 Å². The van der Waals surface area contributed by atoms with E-state index in [1.165, 1.54) is 0 Å². The summed E-state index contributed by atoms with van der Waals surface area (Å²) in [4.78, 5) is 20.8. The predicted molar refractivity (Wildman–Crippen MR) is 120 cm³/mol. The number of allylic oxidation sites excluding steroid dienone is 2. The van der Waals surface area contributed by atoms with E-state index in [0.717, 1.165) is 11.3 Å². The lowest BCUT2D eigenvalue weighted by atomic mass is 9.69. The Hall–Kier alpha value is -3.07. The maximum Gasteiger partial charge on any atom is 0.203 e. The molecule has 0 spiro atoms. The Morgan fingerprint density at radius 1 is 1.13 bits per heavy atom. The number of nitrogens with two attached hydrogens (primary N) is 1. The Balaban J connectivity index is 2.02. The minimum Gasteiger partial charge on any atom is -0.493 e. The first-order chi connectivity index (χ1) is 14.7. The summed E-state index contributed by atoms with van der Waals surface area (Å²) in [6.45, 7) is 4.17. The first kappa shape index (κ1) is 21.2. The number of aromatic amines is 1. The van der Waals surface area contributed by atoms with Gasteiger partial charge in [-0.2, -0.15) is 0 Å². The number of ether oxygens (including phenoxy) is 3. The third kappa shape index (κ3) is 3.52. The molecule has 31 heavy (non-hydrogen) atoms. The number of hydrogen-bond donors (Lipinski definition) is 3. The highest BCUT2D eigenvalue weighted by atomic mass is 32.1. The van der Waals surface area contributed by atoms with E-state index in [0.29, 0.717) is 52.9 Å². The van der Waals surface area contributed by atoms with Gasteiger partial charge in [-0.25, -0.2) is 4.98 Å². The molecule has 9 heteroatoms. The molecule has 1 aliphatic heterocycles. The topological polar surface area (TPSA) is 111 Å². The zero-order valence-electron chi connectivity index (χ0n) is 18.2. The lowest BCUT2D eigenvalue weighted by Gasteiger charge is -2.39. The molecular weight excluding hydrogens is 416 g/mol. The van der Waals surface area contributed by atoms with E-state index < -0.39 is 5.92 Å². The molecule has 0 amide bonds. The minimum atomic E-state index is -0.456. The number of nitrogens with one attached hydrogen (secondary N) is 2. The molecule has 8 nitrogen and oxygen atoms in total. The average Bonchev–Trinajstić information content (AvgIpc) is 2.69. The highest BCUT2D eigenvalue weighted by Gasteiger charge is 2.42. The Morgan fingerprint density at radius 2 is 1.77 bits per heavy atom. The maximum absolute atomic E-state index is 13.4. The summed E-state index contributed by atoms with van der Waals surface area (Å²) in [6.07, 6.45) is 1.15. The van der Waals surface area contributed by atoms with Crippen LogP contribution in [0.2, 0.25) is 0 Å². The van der Waals surface area contributed by atoms with Crippen molar-refractivity contribution in [2.24, 2.45) is 5.41 Å². The first-order valence-corrected chi connectivity index (χ1v) is 10.3. The molecule has 4 N–H and O–H groups in total. The van der Waals surface area contributed by atoms with E-state index in [1.54, 1.807) is 21.3 Å². The third-order valence-electron chi connectivity index (χ3n) is 5.79. The molecule has 2 aromatic rings. The van der Waals surface area contributed by atoms with E-state index in [1.807, 2.05) is 12.1 Å². The Labute approximate surface area is 185 Å². The van der Waals surface area contributed by atoms with Crippen LogP contribution in [-0.4, -0.2) is 37.1 Å². The molecule has 1 aromatic carbocycles. The second kappa shape index (κ2) is 7.56. The number of benzene rings is 1. The van der Waals surface area contributed by atoms with Crippen molar-refractivity contribution >= 4 is 29.6 Å². The summed E-state index contributed by atoms with van der Waals surface area (Å²) < 4.78 is 16.8. The summed E-state index contributed by atoms with van der Waals surface area (Å²) in [5, 5.41) is 3.34. The smallest absolute Gasteiger partial charge is 0.203 e. The fourth-order valence-electron chi connectivity index (χ4n) is 4.56. The van der Waals surface area contributed by atoms with Crippen molar-refractivity contribution in [1.29, 1.82) is 0 Å². The molecule has 4 rings (SSSR count). The summed E-state index contributed by atoms with van der Waals surface area (Å²) in [6, 6.07) is 3.69. The number of ketones is 1. The number of carbonyl (C=O) groups is 1. The summed E-state index contributed by atoms with van der Waals surface area (Å²) in [5.41, 5.74) is 9.19. The van der Waals surface area contributed by atoms with Gasteiger partial charge in [0.25, 0.3) is 0 Å². The van der Waals surface area contributed by atoms with Gasteiger partial charge in [-0.05, 0) is 41.7 Å². The normalized spacial score (nSPS) is 19.3. The molecule has 0 radical (unpaired) electrons.